The van der Waals surface area contributed by atoms with Crippen LogP contribution in [-0.4, -0.2) is 13.1 Å². The van der Waals surface area contributed by atoms with Gasteiger partial charge in [-0.1, -0.05) is 43.3 Å². The minimum Gasteiger partial charge on any atom is -0.330 e. The lowest BCUT2D eigenvalue weighted by atomic mass is 10.1. The van der Waals surface area contributed by atoms with Crippen LogP contribution in [0.3, 0.4) is 0 Å². The van der Waals surface area contributed by atoms with Gasteiger partial charge in [-0.2, -0.15) is 0 Å². The first kappa shape index (κ1) is 12.0. The highest BCUT2D eigenvalue weighted by Gasteiger charge is 1.92. The molecule has 0 heterocycles. The van der Waals surface area contributed by atoms with Crippen molar-refractivity contribution in [3.8, 4) is 0 Å². The Morgan fingerprint density at radius 3 is 3.00 bits per heavy atom. The monoisotopic (exact) mass is 204 g/mol. The van der Waals surface area contributed by atoms with Gasteiger partial charge in [-0.05, 0) is 30.6 Å². The van der Waals surface area contributed by atoms with Crippen LogP contribution in [0.15, 0.2) is 30.3 Å². The highest BCUT2D eigenvalue weighted by atomic mass is 14.8. The zero-order valence-corrected chi connectivity index (χ0v) is 9.37. The van der Waals surface area contributed by atoms with Gasteiger partial charge in [0.15, 0.2) is 0 Å². The maximum absolute atomic E-state index is 5.43. The number of rotatable bonds is 6. The molecule has 1 rings (SSSR count). The molecule has 1 aromatic rings. The third-order valence-corrected chi connectivity index (χ3v) is 2.17. The molecule has 2 nitrogen and oxygen atoms in total. The molecular weight excluding hydrogens is 184 g/mol. The predicted molar refractivity (Wildman–Crippen MR) is 66.5 cm³/mol. The Bertz CT molecular complexity index is 305. The van der Waals surface area contributed by atoms with E-state index in [1.807, 2.05) is 0 Å². The molecule has 0 fully saturated rings. The molecule has 0 amide bonds. The smallest absolute Gasteiger partial charge is 0.0205 e. The van der Waals surface area contributed by atoms with Gasteiger partial charge in [-0.15, -0.1) is 0 Å². The summed E-state index contributed by atoms with van der Waals surface area (Å²) in [6, 6.07) is 8.55. The van der Waals surface area contributed by atoms with Crippen LogP contribution in [0, 0.1) is 0 Å². The Morgan fingerprint density at radius 2 is 2.27 bits per heavy atom. The first-order chi connectivity index (χ1) is 7.36. The van der Waals surface area contributed by atoms with E-state index in [0.717, 1.165) is 19.5 Å². The number of hydrogen-bond acceptors (Lipinski definition) is 2. The van der Waals surface area contributed by atoms with Crippen LogP contribution < -0.4 is 11.1 Å². The van der Waals surface area contributed by atoms with E-state index in [-0.39, 0.29) is 0 Å². The van der Waals surface area contributed by atoms with Crippen molar-refractivity contribution < 1.29 is 0 Å². The zero-order chi connectivity index (χ0) is 10.9. The summed E-state index contributed by atoms with van der Waals surface area (Å²) in [4.78, 5) is 0. The molecule has 2 heteroatoms. The summed E-state index contributed by atoms with van der Waals surface area (Å²) in [5, 5.41) is 3.31. The van der Waals surface area contributed by atoms with Gasteiger partial charge in [0, 0.05) is 6.54 Å². The average molecular weight is 204 g/mol. The Balaban J connectivity index is 2.57. The molecule has 0 saturated heterocycles. The van der Waals surface area contributed by atoms with Crippen molar-refractivity contribution in [2.24, 2.45) is 5.73 Å². The van der Waals surface area contributed by atoms with Gasteiger partial charge in [-0.3, -0.25) is 0 Å². The highest BCUT2D eigenvalue weighted by molar-refractivity contribution is 5.50. The van der Waals surface area contributed by atoms with Crippen molar-refractivity contribution >= 4 is 6.08 Å². The van der Waals surface area contributed by atoms with Crippen LogP contribution >= 0.6 is 0 Å². The maximum Gasteiger partial charge on any atom is 0.0205 e. The topological polar surface area (TPSA) is 38.0 Å². The average Bonchev–Trinajstić information content (AvgIpc) is 2.27. The SMILES string of the molecule is CCNCc1cccc(C=CCCN)c1. The molecule has 0 saturated carbocycles. The molecule has 0 aromatic heterocycles. The lowest BCUT2D eigenvalue weighted by Crippen LogP contribution is -2.11. The fraction of sp³-hybridized carbons (Fsp3) is 0.385. The second-order valence-electron chi connectivity index (χ2n) is 3.51. The number of nitrogens with two attached hydrogens (primary N) is 1. The van der Waals surface area contributed by atoms with Gasteiger partial charge in [0.1, 0.15) is 0 Å². The van der Waals surface area contributed by atoms with Crippen molar-refractivity contribution in [2.45, 2.75) is 19.9 Å². The zero-order valence-electron chi connectivity index (χ0n) is 9.37. The van der Waals surface area contributed by atoms with E-state index in [0.29, 0.717) is 6.54 Å². The molecule has 0 aliphatic rings. The van der Waals surface area contributed by atoms with E-state index in [1.165, 1.54) is 11.1 Å². The molecular formula is C13H20N2. The Morgan fingerprint density at radius 1 is 1.40 bits per heavy atom. The standard InChI is InChI=1S/C13H20N2/c1-2-15-11-13-8-5-7-12(10-13)6-3-4-9-14/h3,5-8,10,15H,2,4,9,11,14H2,1H3. The van der Waals surface area contributed by atoms with Crippen LogP contribution in [-0.2, 0) is 6.54 Å². The fourth-order valence-electron chi connectivity index (χ4n) is 1.39. The summed E-state index contributed by atoms with van der Waals surface area (Å²) in [5.74, 6) is 0. The van der Waals surface area contributed by atoms with Crippen LogP contribution in [0.5, 0.6) is 0 Å². The summed E-state index contributed by atoms with van der Waals surface area (Å²) < 4.78 is 0. The molecule has 0 unspecified atom stereocenters. The Hall–Kier alpha value is -1.12. The van der Waals surface area contributed by atoms with Gasteiger partial charge >= 0.3 is 0 Å². The van der Waals surface area contributed by atoms with Crippen molar-refractivity contribution in [1.82, 2.24) is 5.32 Å². The maximum atomic E-state index is 5.43. The van der Waals surface area contributed by atoms with Gasteiger partial charge in [0.2, 0.25) is 0 Å². The van der Waals surface area contributed by atoms with Gasteiger partial charge in [0.25, 0.3) is 0 Å². The molecule has 82 valence electrons. The van der Waals surface area contributed by atoms with Crippen molar-refractivity contribution in [3.05, 3.63) is 41.5 Å². The number of benzene rings is 1. The molecule has 0 spiro atoms. The van der Waals surface area contributed by atoms with E-state index in [1.54, 1.807) is 0 Å². The van der Waals surface area contributed by atoms with Crippen LogP contribution in [0.1, 0.15) is 24.5 Å². The van der Waals surface area contributed by atoms with E-state index in [4.69, 9.17) is 5.73 Å². The van der Waals surface area contributed by atoms with Crippen molar-refractivity contribution in [2.75, 3.05) is 13.1 Å². The van der Waals surface area contributed by atoms with Gasteiger partial charge < -0.3 is 11.1 Å². The summed E-state index contributed by atoms with van der Waals surface area (Å²) in [7, 11) is 0. The highest BCUT2D eigenvalue weighted by Crippen LogP contribution is 2.07. The summed E-state index contributed by atoms with van der Waals surface area (Å²) >= 11 is 0. The second-order valence-corrected chi connectivity index (χ2v) is 3.51. The summed E-state index contributed by atoms with van der Waals surface area (Å²) in [6.07, 6.45) is 5.19. The summed E-state index contributed by atoms with van der Waals surface area (Å²) in [6.45, 7) is 4.78. The first-order valence-electron chi connectivity index (χ1n) is 5.53. The third-order valence-electron chi connectivity index (χ3n) is 2.17. The molecule has 0 atom stereocenters. The molecule has 0 aliphatic carbocycles. The first-order valence-corrected chi connectivity index (χ1v) is 5.53. The van der Waals surface area contributed by atoms with Crippen LogP contribution in [0.4, 0.5) is 0 Å². The fourth-order valence-corrected chi connectivity index (χ4v) is 1.39. The number of hydrogen-bond donors (Lipinski definition) is 2. The normalized spacial score (nSPS) is 11.1. The van der Waals surface area contributed by atoms with E-state index < -0.39 is 0 Å². The molecule has 15 heavy (non-hydrogen) atoms. The molecule has 3 N–H and O–H groups in total. The largest absolute Gasteiger partial charge is 0.330 e. The van der Waals surface area contributed by atoms with Crippen molar-refractivity contribution in [1.29, 1.82) is 0 Å². The molecule has 1 aromatic carbocycles. The molecule has 0 radical (unpaired) electrons. The van der Waals surface area contributed by atoms with Crippen LogP contribution in [0.25, 0.3) is 6.08 Å². The van der Waals surface area contributed by atoms with E-state index >= 15 is 0 Å². The van der Waals surface area contributed by atoms with Gasteiger partial charge in [-0.25, -0.2) is 0 Å². The molecule has 0 aliphatic heterocycles. The predicted octanol–water partition coefficient (Wildman–Crippen LogP) is 2.16. The Kier molecular flexibility index (Phi) is 5.74. The van der Waals surface area contributed by atoms with E-state index in [2.05, 4.69) is 48.7 Å². The molecule has 0 bridgehead atoms. The Labute approximate surface area is 92.2 Å². The lowest BCUT2D eigenvalue weighted by Gasteiger charge is -2.02. The van der Waals surface area contributed by atoms with Crippen molar-refractivity contribution in [3.63, 3.8) is 0 Å². The minimum absolute atomic E-state index is 0.716. The second kappa shape index (κ2) is 7.21. The quantitative estimate of drug-likeness (QED) is 0.745. The van der Waals surface area contributed by atoms with Crippen LogP contribution in [0.2, 0.25) is 0 Å². The van der Waals surface area contributed by atoms with Gasteiger partial charge in [0.05, 0.1) is 0 Å². The van der Waals surface area contributed by atoms with E-state index in [9.17, 15) is 0 Å². The minimum atomic E-state index is 0.716. The third kappa shape index (κ3) is 4.77. The number of nitrogens with one attached hydrogen (secondary N) is 1. The lowest BCUT2D eigenvalue weighted by molar-refractivity contribution is 0.727. The summed E-state index contributed by atoms with van der Waals surface area (Å²) in [5.41, 5.74) is 8.00.